The van der Waals surface area contributed by atoms with Gasteiger partial charge in [0.2, 0.25) is 0 Å². The highest BCUT2D eigenvalue weighted by molar-refractivity contribution is 5.73. The third kappa shape index (κ3) is 3.81. The lowest BCUT2D eigenvalue weighted by Crippen LogP contribution is -2.42. The average molecular weight is 267 g/mol. The molecule has 1 atom stereocenters. The zero-order chi connectivity index (χ0) is 14.4. The van der Waals surface area contributed by atoms with E-state index < -0.39 is 5.97 Å². The van der Waals surface area contributed by atoms with Gasteiger partial charge >= 0.3 is 5.97 Å². The monoisotopic (exact) mass is 267 g/mol. The van der Waals surface area contributed by atoms with Crippen LogP contribution in [0.25, 0.3) is 0 Å². The van der Waals surface area contributed by atoms with E-state index in [9.17, 15) is 9.59 Å². The number of carboxylic acid groups (broad SMARTS) is 1. The number of nitrogens with zero attached hydrogens (tertiary/aromatic N) is 3. The molecular formula is C13H21N3O3. The van der Waals surface area contributed by atoms with E-state index in [0.717, 1.165) is 12.8 Å². The molecule has 1 rings (SSSR count). The van der Waals surface area contributed by atoms with E-state index in [-0.39, 0.29) is 24.0 Å². The Hall–Kier alpha value is -1.85. The summed E-state index contributed by atoms with van der Waals surface area (Å²) in [7, 11) is 0. The Morgan fingerprint density at radius 1 is 1.53 bits per heavy atom. The first-order valence-electron chi connectivity index (χ1n) is 6.55. The first-order chi connectivity index (χ1) is 9.01. The van der Waals surface area contributed by atoms with E-state index in [2.05, 4.69) is 4.98 Å². The highest BCUT2D eigenvalue weighted by Crippen LogP contribution is 2.11. The number of anilines is 1. The SMILES string of the molecule is CCCn1ccnc(N(CC(=O)O)C(C)CC)c1=O. The van der Waals surface area contributed by atoms with Crippen molar-refractivity contribution in [1.29, 1.82) is 0 Å². The summed E-state index contributed by atoms with van der Waals surface area (Å²) in [4.78, 5) is 28.8. The third-order valence-corrected chi connectivity index (χ3v) is 3.06. The van der Waals surface area contributed by atoms with Crippen molar-refractivity contribution >= 4 is 11.8 Å². The van der Waals surface area contributed by atoms with Gasteiger partial charge in [-0.2, -0.15) is 0 Å². The summed E-state index contributed by atoms with van der Waals surface area (Å²) in [6, 6.07) is -0.0474. The number of aryl methyl sites for hydroxylation is 1. The quantitative estimate of drug-likeness (QED) is 0.807. The largest absolute Gasteiger partial charge is 0.480 e. The van der Waals surface area contributed by atoms with E-state index in [4.69, 9.17) is 5.11 Å². The minimum atomic E-state index is -0.965. The number of carbonyl (C=O) groups is 1. The molecule has 0 aliphatic rings. The zero-order valence-corrected chi connectivity index (χ0v) is 11.7. The van der Waals surface area contributed by atoms with E-state index in [1.54, 1.807) is 21.9 Å². The molecule has 19 heavy (non-hydrogen) atoms. The summed E-state index contributed by atoms with van der Waals surface area (Å²) in [6.07, 6.45) is 4.76. The van der Waals surface area contributed by atoms with Crippen LogP contribution in [-0.2, 0) is 11.3 Å². The second kappa shape index (κ2) is 6.92. The fourth-order valence-corrected chi connectivity index (χ4v) is 1.86. The Balaban J connectivity index is 3.18. The number of hydrogen-bond acceptors (Lipinski definition) is 4. The lowest BCUT2D eigenvalue weighted by atomic mass is 10.2. The third-order valence-electron chi connectivity index (χ3n) is 3.06. The van der Waals surface area contributed by atoms with Crippen molar-refractivity contribution in [3.8, 4) is 0 Å². The fraction of sp³-hybridized carbons (Fsp3) is 0.615. The normalized spacial score (nSPS) is 12.2. The molecule has 1 aromatic rings. The van der Waals surface area contributed by atoms with Crippen molar-refractivity contribution in [3.63, 3.8) is 0 Å². The highest BCUT2D eigenvalue weighted by Gasteiger charge is 2.20. The fourth-order valence-electron chi connectivity index (χ4n) is 1.86. The summed E-state index contributed by atoms with van der Waals surface area (Å²) in [5.74, 6) is -0.750. The molecule has 1 aromatic heterocycles. The molecular weight excluding hydrogens is 246 g/mol. The van der Waals surface area contributed by atoms with Gasteiger partial charge in [0.25, 0.3) is 5.56 Å². The number of aliphatic carboxylic acids is 1. The van der Waals surface area contributed by atoms with Crippen LogP contribution in [0.1, 0.15) is 33.6 Å². The van der Waals surface area contributed by atoms with Gasteiger partial charge in [-0.3, -0.25) is 9.59 Å². The van der Waals surface area contributed by atoms with Gasteiger partial charge in [-0.1, -0.05) is 13.8 Å². The predicted molar refractivity (Wildman–Crippen MR) is 73.5 cm³/mol. The van der Waals surface area contributed by atoms with Crippen molar-refractivity contribution < 1.29 is 9.90 Å². The second-order valence-corrected chi connectivity index (χ2v) is 4.53. The maximum absolute atomic E-state index is 12.3. The van der Waals surface area contributed by atoms with E-state index in [1.165, 1.54) is 0 Å². The Morgan fingerprint density at radius 3 is 2.74 bits per heavy atom. The molecule has 1 unspecified atom stereocenters. The lowest BCUT2D eigenvalue weighted by Gasteiger charge is -2.27. The van der Waals surface area contributed by atoms with Crippen LogP contribution < -0.4 is 10.5 Å². The summed E-state index contributed by atoms with van der Waals surface area (Å²) < 4.78 is 1.57. The Kier molecular flexibility index (Phi) is 5.54. The van der Waals surface area contributed by atoms with Crippen LogP contribution in [0.2, 0.25) is 0 Å². The molecule has 0 amide bonds. The molecule has 0 saturated heterocycles. The van der Waals surface area contributed by atoms with Crippen molar-refractivity contribution in [3.05, 3.63) is 22.7 Å². The van der Waals surface area contributed by atoms with Crippen LogP contribution in [0.15, 0.2) is 17.2 Å². The Labute approximate surface area is 112 Å². The van der Waals surface area contributed by atoms with Gasteiger partial charge in [-0.15, -0.1) is 0 Å². The topological polar surface area (TPSA) is 75.4 Å². The molecule has 1 heterocycles. The molecule has 0 spiro atoms. The first kappa shape index (κ1) is 15.2. The lowest BCUT2D eigenvalue weighted by molar-refractivity contribution is -0.135. The zero-order valence-electron chi connectivity index (χ0n) is 11.7. The number of rotatable bonds is 7. The highest BCUT2D eigenvalue weighted by atomic mass is 16.4. The molecule has 0 radical (unpaired) electrons. The van der Waals surface area contributed by atoms with Crippen molar-refractivity contribution in [2.24, 2.45) is 0 Å². The molecule has 0 saturated carbocycles. The van der Waals surface area contributed by atoms with Crippen LogP contribution in [-0.4, -0.2) is 33.2 Å². The van der Waals surface area contributed by atoms with Gasteiger partial charge in [-0.05, 0) is 19.8 Å². The van der Waals surface area contributed by atoms with Crippen LogP contribution in [0.3, 0.4) is 0 Å². The van der Waals surface area contributed by atoms with Crippen molar-refractivity contribution in [1.82, 2.24) is 9.55 Å². The minimum absolute atomic E-state index is 0.0474. The van der Waals surface area contributed by atoms with Crippen molar-refractivity contribution in [2.45, 2.75) is 46.2 Å². The number of aromatic nitrogens is 2. The van der Waals surface area contributed by atoms with Crippen LogP contribution in [0, 0.1) is 0 Å². The molecule has 6 heteroatoms. The molecule has 106 valence electrons. The minimum Gasteiger partial charge on any atom is -0.480 e. The Bertz CT molecular complexity index is 484. The number of carboxylic acids is 1. The van der Waals surface area contributed by atoms with E-state index >= 15 is 0 Å². The standard InChI is InChI=1S/C13H21N3O3/c1-4-7-15-8-6-14-12(13(15)19)16(9-11(17)18)10(3)5-2/h6,8,10H,4-5,7,9H2,1-3H3,(H,17,18). The summed E-state index contributed by atoms with van der Waals surface area (Å²) in [5.41, 5.74) is -0.231. The van der Waals surface area contributed by atoms with Crippen LogP contribution >= 0.6 is 0 Å². The summed E-state index contributed by atoms with van der Waals surface area (Å²) >= 11 is 0. The molecule has 6 nitrogen and oxygen atoms in total. The maximum atomic E-state index is 12.3. The van der Waals surface area contributed by atoms with E-state index in [1.807, 2.05) is 20.8 Å². The molecule has 0 aliphatic carbocycles. The van der Waals surface area contributed by atoms with Gasteiger partial charge in [0.1, 0.15) is 6.54 Å². The second-order valence-electron chi connectivity index (χ2n) is 4.53. The van der Waals surface area contributed by atoms with Crippen molar-refractivity contribution in [2.75, 3.05) is 11.4 Å². The first-order valence-corrected chi connectivity index (χ1v) is 6.55. The van der Waals surface area contributed by atoms with Gasteiger partial charge in [0.15, 0.2) is 5.82 Å². The summed E-state index contributed by atoms with van der Waals surface area (Å²) in [5, 5.41) is 8.97. The molecule has 1 N–H and O–H groups in total. The van der Waals surface area contributed by atoms with Gasteiger partial charge in [0, 0.05) is 25.0 Å². The van der Waals surface area contributed by atoms with Gasteiger partial charge in [0.05, 0.1) is 0 Å². The molecule has 0 aromatic carbocycles. The molecule has 0 aliphatic heterocycles. The molecule has 0 bridgehead atoms. The Morgan fingerprint density at radius 2 is 2.21 bits per heavy atom. The maximum Gasteiger partial charge on any atom is 0.323 e. The van der Waals surface area contributed by atoms with Gasteiger partial charge in [-0.25, -0.2) is 4.98 Å². The van der Waals surface area contributed by atoms with E-state index in [0.29, 0.717) is 6.54 Å². The van der Waals surface area contributed by atoms with Crippen LogP contribution in [0.5, 0.6) is 0 Å². The van der Waals surface area contributed by atoms with Gasteiger partial charge < -0.3 is 14.6 Å². The molecule has 0 fully saturated rings. The van der Waals surface area contributed by atoms with Crippen LogP contribution in [0.4, 0.5) is 5.82 Å². The predicted octanol–water partition coefficient (Wildman–Crippen LogP) is 1.34. The summed E-state index contributed by atoms with van der Waals surface area (Å²) in [6.45, 7) is 6.22. The number of hydrogen-bond donors (Lipinski definition) is 1. The smallest absolute Gasteiger partial charge is 0.323 e. The average Bonchev–Trinajstić information content (AvgIpc) is 2.38.